The molecule has 0 amide bonds. The summed E-state index contributed by atoms with van der Waals surface area (Å²) in [7, 11) is 0. The fourth-order valence-corrected chi connectivity index (χ4v) is 3.25. The summed E-state index contributed by atoms with van der Waals surface area (Å²) in [6, 6.07) is 12.6. The van der Waals surface area contributed by atoms with Gasteiger partial charge in [-0.3, -0.25) is 9.78 Å². The second kappa shape index (κ2) is 6.75. The van der Waals surface area contributed by atoms with Crippen LogP contribution >= 0.6 is 11.8 Å². The van der Waals surface area contributed by atoms with Gasteiger partial charge in [-0.2, -0.15) is 13.2 Å². The van der Waals surface area contributed by atoms with Gasteiger partial charge in [-0.25, -0.2) is 4.79 Å². The van der Waals surface area contributed by atoms with Gasteiger partial charge < -0.3 is 5.21 Å². The SMILES string of the molecule is O=c1cc(Sc2ccccc2-c2ccc(C(F)(F)F)cc2)[nH]c(=O)n1O. The molecule has 0 aliphatic heterocycles. The first-order valence-electron chi connectivity index (χ1n) is 7.26. The molecule has 0 unspecified atom stereocenters. The van der Waals surface area contributed by atoms with Gasteiger partial charge in [0.1, 0.15) is 0 Å². The minimum atomic E-state index is -4.42. The number of rotatable bonds is 3. The molecule has 0 saturated heterocycles. The second-order valence-corrected chi connectivity index (χ2v) is 6.35. The van der Waals surface area contributed by atoms with E-state index in [4.69, 9.17) is 0 Å². The fourth-order valence-electron chi connectivity index (χ4n) is 2.27. The van der Waals surface area contributed by atoms with Crippen molar-refractivity contribution < 1.29 is 18.4 Å². The van der Waals surface area contributed by atoms with Crippen LogP contribution in [0.1, 0.15) is 5.56 Å². The van der Waals surface area contributed by atoms with Gasteiger partial charge in [0.2, 0.25) is 0 Å². The third-order valence-corrected chi connectivity index (χ3v) is 4.53. The fraction of sp³-hybridized carbons (Fsp3) is 0.0588. The van der Waals surface area contributed by atoms with Gasteiger partial charge in [-0.1, -0.05) is 46.8 Å². The molecule has 26 heavy (non-hydrogen) atoms. The maximum atomic E-state index is 12.7. The Morgan fingerprint density at radius 2 is 1.65 bits per heavy atom. The Kier molecular flexibility index (Phi) is 4.64. The van der Waals surface area contributed by atoms with E-state index in [2.05, 4.69) is 4.98 Å². The summed E-state index contributed by atoms with van der Waals surface area (Å²) in [5.74, 6) is 0. The van der Waals surface area contributed by atoms with Gasteiger partial charge >= 0.3 is 11.9 Å². The zero-order chi connectivity index (χ0) is 18.9. The van der Waals surface area contributed by atoms with Gasteiger partial charge in [-0.15, -0.1) is 0 Å². The smallest absolute Gasteiger partial charge is 0.416 e. The van der Waals surface area contributed by atoms with Gasteiger partial charge in [0, 0.05) is 11.0 Å². The van der Waals surface area contributed by atoms with Gasteiger partial charge in [-0.05, 0) is 29.3 Å². The lowest BCUT2D eigenvalue weighted by atomic mass is 10.0. The van der Waals surface area contributed by atoms with Crippen LogP contribution < -0.4 is 11.2 Å². The molecule has 3 rings (SSSR count). The number of alkyl halides is 3. The highest BCUT2D eigenvalue weighted by atomic mass is 32.2. The van der Waals surface area contributed by atoms with Crippen LogP contribution in [0.25, 0.3) is 11.1 Å². The molecule has 5 nitrogen and oxygen atoms in total. The van der Waals surface area contributed by atoms with Crippen molar-refractivity contribution in [3.8, 4) is 11.1 Å². The van der Waals surface area contributed by atoms with Crippen LogP contribution in [-0.4, -0.2) is 14.9 Å². The van der Waals surface area contributed by atoms with E-state index >= 15 is 0 Å². The first-order valence-corrected chi connectivity index (χ1v) is 8.07. The Morgan fingerprint density at radius 3 is 2.27 bits per heavy atom. The monoisotopic (exact) mass is 380 g/mol. The first kappa shape index (κ1) is 17.9. The number of hydrogen-bond donors (Lipinski definition) is 2. The molecule has 2 aromatic carbocycles. The second-order valence-electron chi connectivity index (χ2n) is 5.26. The summed E-state index contributed by atoms with van der Waals surface area (Å²) < 4.78 is 38.1. The predicted molar refractivity (Wildman–Crippen MR) is 89.5 cm³/mol. The van der Waals surface area contributed by atoms with Crippen LogP contribution in [0.5, 0.6) is 0 Å². The maximum Gasteiger partial charge on any atom is 0.416 e. The average Bonchev–Trinajstić information content (AvgIpc) is 2.59. The van der Waals surface area contributed by atoms with Gasteiger partial charge in [0.05, 0.1) is 10.6 Å². The maximum absolute atomic E-state index is 12.7. The van der Waals surface area contributed by atoms with E-state index in [1.54, 1.807) is 24.3 Å². The highest BCUT2D eigenvalue weighted by Crippen LogP contribution is 2.36. The number of H-pyrrole nitrogens is 1. The Bertz CT molecular complexity index is 1030. The van der Waals surface area contributed by atoms with E-state index in [9.17, 15) is 28.0 Å². The van der Waals surface area contributed by atoms with Crippen LogP contribution in [0, 0.1) is 0 Å². The molecule has 0 saturated carbocycles. The molecule has 0 radical (unpaired) electrons. The Hall–Kier alpha value is -2.94. The average molecular weight is 380 g/mol. The summed E-state index contributed by atoms with van der Waals surface area (Å²) in [5.41, 5.74) is -1.42. The largest absolute Gasteiger partial charge is 0.421 e. The summed E-state index contributed by atoms with van der Waals surface area (Å²) in [6.07, 6.45) is -4.42. The molecule has 0 bridgehead atoms. The molecule has 0 fully saturated rings. The van der Waals surface area contributed by atoms with Crippen molar-refractivity contribution in [2.75, 3.05) is 0 Å². The summed E-state index contributed by atoms with van der Waals surface area (Å²) >= 11 is 1.05. The van der Waals surface area contributed by atoms with E-state index in [1.165, 1.54) is 12.1 Å². The van der Waals surface area contributed by atoms with E-state index in [1.807, 2.05) is 0 Å². The van der Waals surface area contributed by atoms with Crippen molar-refractivity contribution in [1.82, 2.24) is 9.71 Å². The predicted octanol–water partition coefficient (Wildman–Crippen LogP) is 3.61. The molecule has 0 aliphatic carbocycles. The molecule has 3 aromatic rings. The molecule has 134 valence electrons. The molecule has 0 aliphatic rings. The molecular formula is C17H11F3N2O3S. The van der Waals surface area contributed by atoms with Crippen molar-refractivity contribution in [2.24, 2.45) is 0 Å². The summed E-state index contributed by atoms with van der Waals surface area (Å²) in [4.78, 5) is 26.0. The third-order valence-electron chi connectivity index (χ3n) is 3.52. The van der Waals surface area contributed by atoms with Crippen LogP contribution in [0.15, 0.2) is 74.1 Å². The van der Waals surface area contributed by atoms with Crippen LogP contribution in [-0.2, 0) is 6.18 Å². The number of halogens is 3. The Labute approximate surface area is 148 Å². The minimum Gasteiger partial charge on any atom is -0.421 e. The highest BCUT2D eigenvalue weighted by Gasteiger charge is 2.30. The number of aromatic amines is 1. The standard InChI is InChI=1S/C17H11F3N2O3S/c18-17(19,20)11-7-5-10(6-8-11)12-3-1-2-4-13(12)26-14-9-15(23)22(25)16(24)21-14/h1-9,25H,(H,21,24). The number of nitrogens with zero attached hydrogens (tertiary/aromatic N) is 1. The summed E-state index contributed by atoms with van der Waals surface area (Å²) in [5, 5.41) is 9.38. The number of aromatic nitrogens is 2. The van der Waals surface area contributed by atoms with E-state index < -0.39 is 23.0 Å². The van der Waals surface area contributed by atoms with Crippen molar-refractivity contribution in [1.29, 1.82) is 0 Å². The van der Waals surface area contributed by atoms with Crippen molar-refractivity contribution in [3.05, 3.63) is 81.0 Å². The molecule has 0 spiro atoms. The molecule has 1 heterocycles. The zero-order valence-electron chi connectivity index (χ0n) is 12.9. The molecule has 9 heteroatoms. The number of nitrogens with one attached hydrogen (secondary N) is 1. The van der Waals surface area contributed by atoms with Crippen LogP contribution in [0.2, 0.25) is 0 Å². The Morgan fingerprint density at radius 1 is 1.00 bits per heavy atom. The minimum absolute atomic E-state index is 0.0498. The van der Waals surface area contributed by atoms with E-state index in [-0.39, 0.29) is 9.76 Å². The lowest BCUT2D eigenvalue weighted by Crippen LogP contribution is -2.32. The first-order chi connectivity index (χ1) is 12.3. The number of hydrogen-bond acceptors (Lipinski definition) is 4. The zero-order valence-corrected chi connectivity index (χ0v) is 13.8. The normalized spacial score (nSPS) is 11.5. The summed E-state index contributed by atoms with van der Waals surface area (Å²) in [6.45, 7) is 0. The molecule has 2 N–H and O–H groups in total. The molecule has 1 aromatic heterocycles. The quantitative estimate of drug-likeness (QED) is 0.538. The van der Waals surface area contributed by atoms with Gasteiger partial charge in [0.15, 0.2) is 0 Å². The Balaban J connectivity index is 1.99. The molecular weight excluding hydrogens is 369 g/mol. The van der Waals surface area contributed by atoms with Crippen LogP contribution in [0.4, 0.5) is 13.2 Å². The van der Waals surface area contributed by atoms with Crippen molar-refractivity contribution in [3.63, 3.8) is 0 Å². The van der Waals surface area contributed by atoms with E-state index in [0.29, 0.717) is 16.0 Å². The van der Waals surface area contributed by atoms with Gasteiger partial charge in [0.25, 0.3) is 5.56 Å². The lowest BCUT2D eigenvalue weighted by molar-refractivity contribution is -0.137. The molecule has 0 atom stereocenters. The van der Waals surface area contributed by atoms with E-state index in [0.717, 1.165) is 30.0 Å². The lowest BCUT2D eigenvalue weighted by Gasteiger charge is -2.11. The topological polar surface area (TPSA) is 75.1 Å². The van der Waals surface area contributed by atoms with Crippen molar-refractivity contribution in [2.45, 2.75) is 16.1 Å². The highest BCUT2D eigenvalue weighted by molar-refractivity contribution is 7.99. The third kappa shape index (κ3) is 3.67. The van der Waals surface area contributed by atoms with Crippen molar-refractivity contribution >= 4 is 11.8 Å². The number of benzene rings is 2. The van der Waals surface area contributed by atoms with Crippen LogP contribution in [0.3, 0.4) is 0 Å².